The Hall–Kier alpha value is -0.920. The SMILES string of the molecule is CC1CCCNC1CNS(=O)(=O)c1cnn(C)c1. The molecule has 0 amide bonds. The van der Waals surface area contributed by atoms with Crippen LogP contribution in [0.25, 0.3) is 0 Å². The van der Waals surface area contributed by atoms with Crippen molar-refractivity contribution in [3.05, 3.63) is 12.4 Å². The zero-order chi connectivity index (χ0) is 13.2. The van der Waals surface area contributed by atoms with E-state index < -0.39 is 10.0 Å². The van der Waals surface area contributed by atoms with E-state index in [0.717, 1.165) is 19.4 Å². The summed E-state index contributed by atoms with van der Waals surface area (Å²) < 4.78 is 28.1. The van der Waals surface area contributed by atoms with Crippen LogP contribution in [0, 0.1) is 5.92 Å². The molecule has 1 saturated heterocycles. The Morgan fingerprint density at radius 1 is 1.61 bits per heavy atom. The lowest BCUT2D eigenvalue weighted by atomic mass is 9.93. The normalized spacial score (nSPS) is 25.2. The van der Waals surface area contributed by atoms with Gasteiger partial charge in [-0.3, -0.25) is 4.68 Å². The molecule has 0 spiro atoms. The fraction of sp³-hybridized carbons (Fsp3) is 0.727. The Morgan fingerprint density at radius 2 is 2.39 bits per heavy atom. The lowest BCUT2D eigenvalue weighted by Gasteiger charge is -2.30. The maximum absolute atomic E-state index is 12.0. The summed E-state index contributed by atoms with van der Waals surface area (Å²) in [4.78, 5) is 0.216. The molecule has 6 nitrogen and oxygen atoms in total. The molecule has 0 saturated carbocycles. The fourth-order valence-electron chi connectivity index (χ4n) is 2.21. The van der Waals surface area contributed by atoms with Gasteiger partial charge in [-0.15, -0.1) is 0 Å². The van der Waals surface area contributed by atoms with Crippen molar-refractivity contribution in [2.75, 3.05) is 13.1 Å². The van der Waals surface area contributed by atoms with Gasteiger partial charge in [-0.1, -0.05) is 6.92 Å². The topological polar surface area (TPSA) is 76.0 Å². The number of aromatic nitrogens is 2. The third kappa shape index (κ3) is 3.09. The van der Waals surface area contributed by atoms with Gasteiger partial charge in [-0.2, -0.15) is 5.10 Å². The molecule has 1 aliphatic rings. The Kier molecular flexibility index (Phi) is 4.04. The van der Waals surface area contributed by atoms with Crippen molar-refractivity contribution in [3.8, 4) is 0 Å². The lowest BCUT2D eigenvalue weighted by Crippen LogP contribution is -2.47. The average molecular weight is 272 g/mol. The molecule has 2 heterocycles. The van der Waals surface area contributed by atoms with E-state index in [0.29, 0.717) is 12.5 Å². The van der Waals surface area contributed by atoms with Gasteiger partial charge in [0.2, 0.25) is 10.0 Å². The highest BCUT2D eigenvalue weighted by molar-refractivity contribution is 7.89. The smallest absolute Gasteiger partial charge is 0.243 e. The third-order valence-corrected chi connectivity index (χ3v) is 4.79. The Balaban J connectivity index is 1.96. The van der Waals surface area contributed by atoms with E-state index in [9.17, 15) is 8.42 Å². The number of rotatable bonds is 4. The van der Waals surface area contributed by atoms with Crippen molar-refractivity contribution in [1.29, 1.82) is 0 Å². The maximum Gasteiger partial charge on any atom is 0.243 e. The standard InChI is InChI=1S/C11H20N4O2S/c1-9-4-3-5-12-11(9)7-14-18(16,17)10-6-13-15(2)8-10/h6,8-9,11-12,14H,3-5,7H2,1-2H3. The first-order valence-electron chi connectivity index (χ1n) is 6.21. The molecular formula is C11H20N4O2S. The zero-order valence-electron chi connectivity index (χ0n) is 10.8. The van der Waals surface area contributed by atoms with Gasteiger partial charge in [0.05, 0.1) is 6.20 Å². The summed E-state index contributed by atoms with van der Waals surface area (Å²) in [7, 11) is -1.74. The molecule has 1 aliphatic heterocycles. The van der Waals surface area contributed by atoms with Crippen LogP contribution in [0.3, 0.4) is 0 Å². The van der Waals surface area contributed by atoms with E-state index in [1.165, 1.54) is 17.1 Å². The van der Waals surface area contributed by atoms with Crippen molar-refractivity contribution in [1.82, 2.24) is 19.8 Å². The van der Waals surface area contributed by atoms with E-state index in [1.807, 2.05) is 0 Å². The second-order valence-electron chi connectivity index (χ2n) is 4.88. The van der Waals surface area contributed by atoms with Crippen LogP contribution in [-0.2, 0) is 17.1 Å². The molecule has 18 heavy (non-hydrogen) atoms. The molecule has 1 aromatic heterocycles. The summed E-state index contributed by atoms with van der Waals surface area (Å²) >= 11 is 0. The quantitative estimate of drug-likeness (QED) is 0.814. The number of sulfonamides is 1. The predicted octanol–water partition coefficient (Wildman–Crippen LogP) is 0.0865. The van der Waals surface area contributed by atoms with Gasteiger partial charge in [-0.25, -0.2) is 13.1 Å². The van der Waals surface area contributed by atoms with Crippen LogP contribution >= 0.6 is 0 Å². The van der Waals surface area contributed by atoms with Crippen molar-refractivity contribution < 1.29 is 8.42 Å². The molecule has 0 aliphatic carbocycles. The monoisotopic (exact) mass is 272 g/mol. The molecule has 2 atom stereocenters. The number of nitrogens with zero attached hydrogens (tertiary/aromatic N) is 2. The van der Waals surface area contributed by atoms with Crippen LogP contribution in [0.2, 0.25) is 0 Å². The van der Waals surface area contributed by atoms with E-state index in [4.69, 9.17) is 0 Å². The summed E-state index contributed by atoms with van der Waals surface area (Å²) in [6.45, 7) is 3.54. The molecule has 1 aromatic rings. The van der Waals surface area contributed by atoms with Gasteiger partial charge in [0.1, 0.15) is 4.90 Å². The number of nitrogens with one attached hydrogen (secondary N) is 2. The van der Waals surface area contributed by atoms with Crippen LogP contribution in [0.4, 0.5) is 0 Å². The van der Waals surface area contributed by atoms with Crippen molar-refractivity contribution in [2.45, 2.75) is 30.7 Å². The summed E-state index contributed by atoms with van der Waals surface area (Å²) in [5.74, 6) is 0.496. The molecule has 2 rings (SSSR count). The molecule has 2 unspecified atom stereocenters. The van der Waals surface area contributed by atoms with E-state index >= 15 is 0 Å². The van der Waals surface area contributed by atoms with Crippen molar-refractivity contribution >= 4 is 10.0 Å². The largest absolute Gasteiger partial charge is 0.312 e. The van der Waals surface area contributed by atoms with Crippen LogP contribution < -0.4 is 10.0 Å². The first kappa shape index (κ1) is 13.5. The highest BCUT2D eigenvalue weighted by Gasteiger charge is 2.23. The van der Waals surface area contributed by atoms with Gasteiger partial charge in [0.15, 0.2) is 0 Å². The Labute approximate surface area is 108 Å². The second-order valence-corrected chi connectivity index (χ2v) is 6.65. The van der Waals surface area contributed by atoms with Crippen LogP contribution in [0.1, 0.15) is 19.8 Å². The van der Waals surface area contributed by atoms with E-state index in [1.54, 1.807) is 7.05 Å². The van der Waals surface area contributed by atoms with Crippen LogP contribution in [-0.4, -0.2) is 37.3 Å². The summed E-state index contributed by atoms with van der Waals surface area (Å²) in [6, 6.07) is 0.213. The Morgan fingerprint density at radius 3 is 3.00 bits per heavy atom. The number of hydrogen-bond acceptors (Lipinski definition) is 4. The number of hydrogen-bond donors (Lipinski definition) is 2. The van der Waals surface area contributed by atoms with Gasteiger partial charge >= 0.3 is 0 Å². The lowest BCUT2D eigenvalue weighted by molar-refractivity contribution is 0.300. The third-order valence-electron chi connectivity index (χ3n) is 3.41. The molecule has 1 fully saturated rings. The fourth-order valence-corrected chi connectivity index (χ4v) is 3.25. The predicted molar refractivity (Wildman–Crippen MR) is 68.6 cm³/mol. The molecule has 7 heteroatoms. The first-order chi connectivity index (χ1) is 8.49. The minimum Gasteiger partial charge on any atom is -0.312 e. The molecular weight excluding hydrogens is 252 g/mol. The molecule has 2 N–H and O–H groups in total. The minimum atomic E-state index is -3.44. The van der Waals surface area contributed by atoms with Crippen LogP contribution in [0.5, 0.6) is 0 Å². The summed E-state index contributed by atoms with van der Waals surface area (Å²) in [6.07, 6.45) is 5.17. The van der Waals surface area contributed by atoms with E-state index in [2.05, 4.69) is 22.1 Å². The first-order valence-corrected chi connectivity index (χ1v) is 7.69. The Bertz CT molecular complexity index is 497. The van der Waals surface area contributed by atoms with E-state index in [-0.39, 0.29) is 10.9 Å². The molecule has 0 radical (unpaired) electrons. The summed E-state index contributed by atoms with van der Waals surface area (Å²) in [5, 5.41) is 7.22. The minimum absolute atomic E-state index is 0.213. The van der Waals surface area contributed by atoms with Crippen LogP contribution in [0.15, 0.2) is 17.3 Å². The van der Waals surface area contributed by atoms with Crippen molar-refractivity contribution in [2.24, 2.45) is 13.0 Å². The highest BCUT2D eigenvalue weighted by Crippen LogP contribution is 2.15. The van der Waals surface area contributed by atoms with Gasteiger partial charge in [0, 0.05) is 25.8 Å². The highest BCUT2D eigenvalue weighted by atomic mass is 32.2. The average Bonchev–Trinajstić information content (AvgIpc) is 2.76. The molecule has 0 aromatic carbocycles. The zero-order valence-corrected chi connectivity index (χ0v) is 11.6. The van der Waals surface area contributed by atoms with Crippen molar-refractivity contribution in [3.63, 3.8) is 0 Å². The van der Waals surface area contributed by atoms with Gasteiger partial charge < -0.3 is 5.32 Å². The number of aryl methyl sites for hydroxylation is 1. The maximum atomic E-state index is 12.0. The molecule has 0 bridgehead atoms. The van der Waals surface area contributed by atoms with Gasteiger partial charge in [-0.05, 0) is 25.3 Å². The second kappa shape index (κ2) is 5.38. The summed E-state index contributed by atoms with van der Waals surface area (Å²) in [5.41, 5.74) is 0. The number of piperidine rings is 1. The van der Waals surface area contributed by atoms with Gasteiger partial charge in [0.25, 0.3) is 0 Å². The molecule has 102 valence electrons.